The maximum Gasteiger partial charge on any atom is 0.326 e. The van der Waals surface area contributed by atoms with Crippen molar-refractivity contribution in [2.45, 2.75) is 31.4 Å². The number of hydrogen-bond donors (Lipinski definition) is 0. The van der Waals surface area contributed by atoms with E-state index >= 15 is 0 Å². The third kappa shape index (κ3) is 1.75. The van der Waals surface area contributed by atoms with Gasteiger partial charge >= 0.3 is 5.97 Å². The van der Waals surface area contributed by atoms with Crippen LogP contribution < -0.4 is 0 Å². The molecule has 0 unspecified atom stereocenters. The maximum absolute atomic E-state index is 12.1. The number of benzene rings is 1. The van der Waals surface area contributed by atoms with Crippen LogP contribution in [0.3, 0.4) is 0 Å². The molecule has 0 radical (unpaired) electrons. The minimum absolute atomic E-state index is 0.0231. The molecule has 3 rings (SSSR count). The molecule has 0 bridgehead atoms. The fraction of sp³-hybridized carbons (Fsp3) is 0.500. The molecule has 1 aromatic rings. The zero-order chi connectivity index (χ0) is 11.7. The zero-order valence-electron chi connectivity index (χ0n) is 9.89. The summed E-state index contributed by atoms with van der Waals surface area (Å²) in [6, 6.07) is 9.87. The normalized spacial score (nSPS) is 27.3. The molecule has 3 heteroatoms. The predicted octanol–water partition coefficient (Wildman–Crippen LogP) is 1.97. The highest BCUT2D eigenvalue weighted by Crippen LogP contribution is 2.41. The lowest BCUT2D eigenvalue weighted by Crippen LogP contribution is -2.61. The summed E-state index contributed by atoms with van der Waals surface area (Å²) in [4.78, 5) is 14.4. The number of rotatable bonds is 3. The molecule has 2 aliphatic heterocycles. The van der Waals surface area contributed by atoms with Crippen molar-refractivity contribution in [1.29, 1.82) is 0 Å². The summed E-state index contributed by atoms with van der Waals surface area (Å²) < 4.78 is 5.46. The summed E-state index contributed by atoms with van der Waals surface area (Å²) in [5.41, 5.74) is 0.801. The maximum atomic E-state index is 12.1. The van der Waals surface area contributed by atoms with E-state index in [4.69, 9.17) is 4.74 Å². The summed E-state index contributed by atoms with van der Waals surface area (Å²) in [7, 11) is 0. The number of hydrogen-bond acceptors (Lipinski definition) is 3. The minimum atomic E-state index is -0.255. The van der Waals surface area contributed by atoms with Crippen LogP contribution in [0.2, 0.25) is 0 Å². The lowest BCUT2D eigenvalue weighted by Gasteiger charge is -2.45. The largest absolute Gasteiger partial charge is 0.459 e. The van der Waals surface area contributed by atoms with E-state index in [0.29, 0.717) is 6.61 Å². The highest BCUT2D eigenvalue weighted by molar-refractivity contribution is 5.82. The van der Waals surface area contributed by atoms with Gasteiger partial charge in [0.15, 0.2) is 0 Å². The standard InChI is InChI=1S/C14H17NO2/c16-13(14-7-4-9-15(14)10-8-14)17-11-12-5-2-1-3-6-12/h1-3,5-6H,4,7-11H2/t14-/m1/s1. The third-order valence-electron chi connectivity index (χ3n) is 4.01. The summed E-state index contributed by atoms with van der Waals surface area (Å²) >= 11 is 0. The molecule has 0 spiro atoms. The Kier molecular flexibility index (Phi) is 2.63. The number of esters is 1. The van der Waals surface area contributed by atoms with Crippen LogP contribution in [0.15, 0.2) is 30.3 Å². The Morgan fingerprint density at radius 1 is 1.24 bits per heavy atom. The monoisotopic (exact) mass is 231 g/mol. The summed E-state index contributed by atoms with van der Waals surface area (Å²) in [5.74, 6) is -0.0231. The first-order valence-corrected chi connectivity index (χ1v) is 6.27. The van der Waals surface area contributed by atoms with Crippen molar-refractivity contribution >= 4 is 5.97 Å². The van der Waals surface area contributed by atoms with Crippen LogP contribution in [-0.2, 0) is 16.1 Å². The van der Waals surface area contributed by atoms with E-state index in [1.54, 1.807) is 0 Å². The van der Waals surface area contributed by atoms with Gasteiger partial charge in [0.1, 0.15) is 12.1 Å². The quantitative estimate of drug-likeness (QED) is 0.745. The van der Waals surface area contributed by atoms with Crippen LogP contribution in [0.4, 0.5) is 0 Å². The molecule has 2 fully saturated rings. The van der Waals surface area contributed by atoms with Crippen molar-refractivity contribution in [2.24, 2.45) is 0 Å². The first-order valence-electron chi connectivity index (χ1n) is 6.27. The SMILES string of the molecule is O=C(OCc1ccccc1)[C@]12CCCN1CC2. The van der Waals surface area contributed by atoms with Gasteiger partial charge in [-0.2, -0.15) is 0 Å². The second-order valence-corrected chi connectivity index (χ2v) is 4.93. The van der Waals surface area contributed by atoms with Gasteiger partial charge in [-0.1, -0.05) is 30.3 Å². The second kappa shape index (κ2) is 4.15. The van der Waals surface area contributed by atoms with Gasteiger partial charge in [0.25, 0.3) is 0 Å². The van der Waals surface area contributed by atoms with Gasteiger partial charge in [-0.05, 0) is 31.4 Å². The number of carbonyl (C=O) groups is 1. The number of carbonyl (C=O) groups excluding carboxylic acids is 1. The molecular formula is C14H17NO2. The highest BCUT2D eigenvalue weighted by Gasteiger charge is 2.54. The van der Waals surface area contributed by atoms with E-state index in [1.807, 2.05) is 30.3 Å². The van der Waals surface area contributed by atoms with E-state index in [1.165, 1.54) is 0 Å². The predicted molar refractivity (Wildman–Crippen MR) is 64.4 cm³/mol. The number of fused-ring (bicyclic) bond motifs is 1. The van der Waals surface area contributed by atoms with E-state index in [2.05, 4.69) is 4.90 Å². The molecule has 17 heavy (non-hydrogen) atoms. The molecule has 0 aliphatic carbocycles. The Balaban J connectivity index is 1.61. The lowest BCUT2D eigenvalue weighted by molar-refractivity contribution is -0.165. The fourth-order valence-corrected chi connectivity index (χ4v) is 2.90. The first-order chi connectivity index (χ1) is 8.31. The van der Waals surface area contributed by atoms with Crippen LogP contribution in [-0.4, -0.2) is 29.5 Å². The molecular weight excluding hydrogens is 214 g/mol. The Labute approximate surface area is 101 Å². The topological polar surface area (TPSA) is 29.5 Å². The molecule has 0 amide bonds. The molecule has 1 atom stereocenters. The zero-order valence-corrected chi connectivity index (χ0v) is 9.89. The van der Waals surface area contributed by atoms with E-state index < -0.39 is 0 Å². The van der Waals surface area contributed by atoms with Crippen LogP contribution in [0.5, 0.6) is 0 Å². The molecule has 0 saturated carbocycles. The molecule has 90 valence electrons. The highest BCUT2D eigenvalue weighted by atomic mass is 16.5. The fourth-order valence-electron chi connectivity index (χ4n) is 2.90. The second-order valence-electron chi connectivity index (χ2n) is 4.93. The average molecular weight is 231 g/mol. The van der Waals surface area contributed by atoms with Gasteiger partial charge in [-0.15, -0.1) is 0 Å². The molecule has 1 aromatic carbocycles. The van der Waals surface area contributed by atoms with Gasteiger partial charge < -0.3 is 4.74 Å². The van der Waals surface area contributed by atoms with Gasteiger partial charge in [-0.3, -0.25) is 9.69 Å². The third-order valence-corrected chi connectivity index (χ3v) is 4.01. The van der Waals surface area contributed by atoms with Crippen molar-refractivity contribution in [2.75, 3.05) is 13.1 Å². The minimum Gasteiger partial charge on any atom is -0.459 e. The van der Waals surface area contributed by atoms with Crippen molar-refractivity contribution < 1.29 is 9.53 Å². The Hall–Kier alpha value is -1.35. The van der Waals surface area contributed by atoms with Crippen molar-refractivity contribution in [1.82, 2.24) is 4.90 Å². The molecule has 0 aromatic heterocycles. The van der Waals surface area contributed by atoms with E-state index in [-0.39, 0.29) is 11.5 Å². The molecule has 2 aliphatic rings. The number of nitrogens with zero attached hydrogens (tertiary/aromatic N) is 1. The van der Waals surface area contributed by atoms with Crippen molar-refractivity contribution in [3.05, 3.63) is 35.9 Å². The van der Waals surface area contributed by atoms with Crippen molar-refractivity contribution in [3.63, 3.8) is 0 Å². The Morgan fingerprint density at radius 3 is 2.71 bits per heavy atom. The Bertz CT molecular complexity index is 417. The molecule has 2 heterocycles. The molecule has 3 nitrogen and oxygen atoms in total. The lowest BCUT2D eigenvalue weighted by atomic mass is 9.85. The van der Waals surface area contributed by atoms with Crippen LogP contribution in [0.1, 0.15) is 24.8 Å². The van der Waals surface area contributed by atoms with Gasteiger partial charge in [0.2, 0.25) is 0 Å². The Morgan fingerprint density at radius 2 is 2.06 bits per heavy atom. The molecule has 0 N–H and O–H groups in total. The van der Waals surface area contributed by atoms with Gasteiger partial charge in [0, 0.05) is 6.54 Å². The van der Waals surface area contributed by atoms with Crippen LogP contribution in [0.25, 0.3) is 0 Å². The number of ether oxygens (including phenoxy) is 1. The van der Waals surface area contributed by atoms with Crippen LogP contribution in [0, 0.1) is 0 Å². The van der Waals surface area contributed by atoms with Crippen molar-refractivity contribution in [3.8, 4) is 0 Å². The smallest absolute Gasteiger partial charge is 0.326 e. The summed E-state index contributed by atoms with van der Waals surface area (Å²) in [6.07, 6.45) is 3.07. The van der Waals surface area contributed by atoms with E-state index in [0.717, 1.165) is 37.9 Å². The summed E-state index contributed by atoms with van der Waals surface area (Å²) in [5, 5.41) is 0. The van der Waals surface area contributed by atoms with Gasteiger partial charge in [0.05, 0.1) is 0 Å². The summed E-state index contributed by atoms with van der Waals surface area (Å²) in [6.45, 7) is 2.51. The average Bonchev–Trinajstić information content (AvgIpc) is 2.64. The molecule has 2 saturated heterocycles. The van der Waals surface area contributed by atoms with E-state index in [9.17, 15) is 4.79 Å². The van der Waals surface area contributed by atoms with Crippen LogP contribution >= 0.6 is 0 Å². The first kappa shape index (κ1) is 10.8. The van der Waals surface area contributed by atoms with Gasteiger partial charge in [-0.25, -0.2) is 0 Å².